The molecule has 3 rings (SSSR count). The highest BCUT2D eigenvalue weighted by atomic mass is 32.2. The molecule has 1 fully saturated rings. The van der Waals surface area contributed by atoms with Crippen molar-refractivity contribution >= 4 is 10.0 Å². The Morgan fingerprint density at radius 2 is 1.90 bits per heavy atom. The largest absolute Gasteiger partial charge is 0.317 e. The van der Waals surface area contributed by atoms with Crippen molar-refractivity contribution in [2.45, 2.75) is 50.0 Å². The summed E-state index contributed by atoms with van der Waals surface area (Å²) in [7, 11) is -3.40. The number of benzene rings is 1. The SMILES string of the molecule is CC(NS(=O)(=O)c1ccc2c(c1)CCC2)C1CCNCC1. The zero-order valence-electron chi connectivity index (χ0n) is 12.6. The third kappa shape index (κ3) is 3.30. The first kappa shape index (κ1) is 15.0. The average molecular weight is 308 g/mol. The highest BCUT2D eigenvalue weighted by Gasteiger charge is 2.25. The molecule has 0 amide bonds. The van der Waals surface area contributed by atoms with Crippen LogP contribution in [0.3, 0.4) is 0 Å². The number of nitrogens with one attached hydrogen (secondary N) is 2. The molecule has 21 heavy (non-hydrogen) atoms. The fourth-order valence-corrected chi connectivity index (χ4v) is 4.83. The minimum Gasteiger partial charge on any atom is -0.317 e. The van der Waals surface area contributed by atoms with Gasteiger partial charge < -0.3 is 5.32 Å². The fraction of sp³-hybridized carbons (Fsp3) is 0.625. The van der Waals surface area contributed by atoms with E-state index in [1.165, 1.54) is 11.1 Å². The number of piperidine rings is 1. The number of rotatable bonds is 4. The van der Waals surface area contributed by atoms with E-state index in [0.717, 1.165) is 45.2 Å². The highest BCUT2D eigenvalue weighted by molar-refractivity contribution is 7.89. The minimum atomic E-state index is -3.40. The van der Waals surface area contributed by atoms with Gasteiger partial charge in [-0.05, 0) is 81.3 Å². The van der Waals surface area contributed by atoms with Crippen LogP contribution in [0, 0.1) is 5.92 Å². The smallest absolute Gasteiger partial charge is 0.240 e. The van der Waals surface area contributed by atoms with E-state index in [0.29, 0.717) is 10.8 Å². The van der Waals surface area contributed by atoms with Crippen LogP contribution in [0.25, 0.3) is 0 Å². The summed E-state index contributed by atoms with van der Waals surface area (Å²) in [6.45, 7) is 3.95. The van der Waals surface area contributed by atoms with E-state index in [1.54, 1.807) is 6.07 Å². The van der Waals surface area contributed by atoms with Gasteiger partial charge in [0.25, 0.3) is 0 Å². The molecule has 1 aliphatic carbocycles. The van der Waals surface area contributed by atoms with E-state index in [9.17, 15) is 8.42 Å². The van der Waals surface area contributed by atoms with Gasteiger partial charge in [0.15, 0.2) is 0 Å². The van der Waals surface area contributed by atoms with Crippen LogP contribution in [-0.2, 0) is 22.9 Å². The van der Waals surface area contributed by atoms with Gasteiger partial charge in [-0.15, -0.1) is 0 Å². The molecule has 0 spiro atoms. The van der Waals surface area contributed by atoms with Crippen molar-refractivity contribution in [3.05, 3.63) is 29.3 Å². The zero-order chi connectivity index (χ0) is 14.9. The lowest BCUT2D eigenvalue weighted by Gasteiger charge is -2.28. The first-order valence-corrected chi connectivity index (χ1v) is 9.39. The molecule has 0 saturated carbocycles. The maximum absolute atomic E-state index is 12.6. The molecular formula is C16H24N2O2S. The number of aryl methyl sites for hydroxylation is 2. The molecule has 0 bridgehead atoms. The van der Waals surface area contributed by atoms with E-state index < -0.39 is 10.0 Å². The Hall–Kier alpha value is -0.910. The standard InChI is InChI=1S/C16H24N2O2S/c1-12(13-7-9-17-10-8-13)18-21(19,20)16-6-5-14-3-2-4-15(14)11-16/h5-6,11-13,17-18H,2-4,7-10H2,1H3. The molecule has 1 saturated heterocycles. The topological polar surface area (TPSA) is 58.2 Å². The predicted molar refractivity (Wildman–Crippen MR) is 83.8 cm³/mol. The van der Waals surface area contributed by atoms with E-state index in [4.69, 9.17) is 0 Å². The van der Waals surface area contributed by atoms with Crippen LogP contribution in [0.4, 0.5) is 0 Å². The number of hydrogen-bond donors (Lipinski definition) is 2. The van der Waals surface area contributed by atoms with Gasteiger partial charge in [0.2, 0.25) is 10.0 Å². The Balaban J connectivity index is 1.74. The molecule has 1 atom stereocenters. The maximum Gasteiger partial charge on any atom is 0.240 e. The summed E-state index contributed by atoms with van der Waals surface area (Å²) >= 11 is 0. The van der Waals surface area contributed by atoms with Gasteiger partial charge in [0.05, 0.1) is 4.90 Å². The summed E-state index contributed by atoms with van der Waals surface area (Å²) in [5.74, 6) is 0.426. The first-order chi connectivity index (χ1) is 10.1. The van der Waals surface area contributed by atoms with Crippen molar-refractivity contribution in [1.29, 1.82) is 0 Å². The molecule has 0 radical (unpaired) electrons. The molecule has 5 heteroatoms. The first-order valence-electron chi connectivity index (χ1n) is 7.91. The quantitative estimate of drug-likeness (QED) is 0.892. The van der Waals surface area contributed by atoms with Gasteiger partial charge in [-0.25, -0.2) is 13.1 Å². The van der Waals surface area contributed by atoms with Crippen molar-refractivity contribution in [3.63, 3.8) is 0 Å². The van der Waals surface area contributed by atoms with Gasteiger partial charge in [-0.1, -0.05) is 6.07 Å². The fourth-order valence-electron chi connectivity index (χ4n) is 3.47. The predicted octanol–water partition coefficient (Wildman–Crippen LogP) is 1.84. The Bertz CT molecular complexity index is 607. The third-order valence-corrected chi connectivity index (χ3v) is 6.37. The molecule has 1 unspecified atom stereocenters. The third-order valence-electron chi connectivity index (χ3n) is 4.81. The molecule has 2 aliphatic rings. The Morgan fingerprint density at radius 3 is 2.67 bits per heavy atom. The molecule has 116 valence electrons. The Labute approximate surface area is 127 Å². The highest BCUT2D eigenvalue weighted by Crippen LogP contribution is 2.25. The molecule has 4 nitrogen and oxygen atoms in total. The van der Waals surface area contributed by atoms with Crippen LogP contribution in [0.5, 0.6) is 0 Å². The zero-order valence-corrected chi connectivity index (χ0v) is 13.4. The molecule has 1 aromatic carbocycles. The van der Waals surface area contributed by atoms with Crippen LogP contribution in [0.15, 0.2) is 23.1 Å². The normalized spacial score (nSPS) is 21.2. The molecule has 1 aromatic rings. The summed E-state index contributed by atoms with van der Waals surface area (Å²) in [6.07, 6.45) is 5.29. The van der Waals surface area contributed by atoms with E-state index in [2.05, 4.69) is 10.0 Å². The summed E-state index contributed by atoms with van der Waals surface area (Å²) in [4.78, 5) is 0.420. The molecule has 1 heterocycles. The molecule has 0 aromatic heterocycles. The van der Waals surface area contributed by atoms with Crippen molar-refractivity contribution in [2.24, 2.45) is 5.92 Å². The summed E-state index contributed by atoms with van der Waals surface area (Å²) < 4.78 is 28.0. The van der Waals surface area contributed by atoms with Crippen LogP contribution in [0.1, 0.15) is 37.3 Å². The Morgan fingerprint density at radius 1 is 1.19 bits per heavy atom. The van der Waals surface area contributed by atoms with Crippen molar-refractivity contribution in [2.75, 3.05) is 13.1 Å². The van der Waals surface area contributed by atoms with Gasteiger partial charge in [0.1, 0.15) is 0 Å². The minimum absolute atomic E-state index is 0.00893. The van der Waals surface area contributed by atoms with Crippen LogP contribution < -0.4 is 10.0 Å². The molecule has 2 N–H and O–H groups in total. The Kier molecular flexibility index (Phi) is 4.33. The van der Waals surface area contributed by atoms with Crippen molar-refractivity contribution in [1.82, 2.24) is 10.0 Å². The lowest BCUT2D eigenvalue weighted by Crippen LogP contribution is -2.42. The monoisotopic (exact) mass is 308 g/mol. The van der Waals surface area contributed by atoms with Gasteiger partial charge in [-0.3, -0.25) is 0 Å². The van der Waals surface area contributed by atoms with E-state index in [1.807, 2.05) is 19.1 Å². The van der Waals surface area contributed by atoms with Gasteiger partial charge >= 0.3 is 0 Å². The summed E-state index contributed by atoms with van der Waals surface area (Å²) in [5.41, 5.74) is 2.51. The molecular weight excluding hydrogens is 284 g/mol. The number of sulfonamides is 1. The lowest BCUT2D eigenvalue weighted by atomic mass is 9.92. The second-order valence-corrected chi connectivity index (χ2v) is 8.00. The summed E-state index contributed by atoms with van der Waals surface area (Å²) in [5, 5.41) is 3.32. The van der Waals surface area contributed by atoms with Crippen molar-refractivity contribution in [3.8, 4) is 0 Å². The average Bonchev–Trinajstić information content (AvgIpc) is 2.95. The number of fused-ring (bicyclic) bond motifs is 1. The lowest BCUT2D eigenvalue weighted by molar-refractivity contribution is 0.316. The van der Waals surface area contributed by atoms with Crippen molar-refractivity contribution < 1.29 is 8.42 Å². The van der Waals surface area contributed by atoms with Crippen LogP contribution in [-0.4, -0.2) is 27.5 Å². The second-order valence-electron chi connectivity index (χ2n) is 6.28. The van der Waals surface area contributed by atoms with Gasteiger partial charge in [-0.2, -0.15) is 0 Å². The molecule has 1 aliphatic heterocycles. The van der Waals surface area contributed by atoms with Crippen LogP contribution >= 0.6 is 0 Å². The second kappa shape index (κ2) is 6.07. The van der Waals surface area contributed by atoms with Crippen LogP contribution in [0.2, 0.25) is 0 Å². The number of hydrogen-bond acceptors (Lipinski definition) is 3. The summed E-state index contributed by atoms with van der Waals surface area (Å²) in [6, 6.07) is 5.58. The maximum atomic E-state index is 12.6. The van der Waals surface area contributed by atoms with E-state index >= 15 is 0 Å². The van der Waals surface area contributed by atoms with Gasteiger partial charge in [0, 0.05) is 6.04 Å². The van der Waals surface area contributed by atoms with E-state index in [-0.39, 0.29) is 6.04 Å².